The van der Waals surface area contributed by atoms with Crippen LogP contribution >= 0.6 is 0 Å². The number of benzene rings is 6. The molecule has 15 rings (SSSR count). The minimum atomic E-state index is -0.582. The maximum absolute atomic E-state index is 15.0. The lowest BCUT2D eigenvalue weighted by molar-refractivity contribution is 0.0653. The van der Waals surface area contributed by atoms with E-state index >= 15 is 4.39 Å². The average Bonchev–Trinajstić information content (AvgIpc) is 1.56. The molecule has 0 spiro atoms. The number of aromatic amines is 3. The van der Waals surface area contributed by atoms with Gasteiger partial charge in [0.15, 0.2) is 40.7 Å². The molecule has 522 valence electrons. The number of carbonyl (C=O) groups excluding carboxylic acids is 3. The monoisotopic (exact) mass is 1380 g/mol. The number of hydrogen-bond donors (Lipinski definition) is 6. The number of para-hydroxylation sites is 3. The zero-order valence-corrected chi connectivity index (χ0v) is 57.7. The Hall–Kier alpha value is -11.7. The summed E-state index contributed by atoms with van der Waals surface area (Å²) in [4.78, 5) is 101. The van der Waals surface area contributed by atoms with Gasteiger partial charge < -0.3 is 66.3 Å². The topological polar surface area (TPSA) is 321 Å². The Kier molecular flexibility index (Phi) is 20.0. The second-order valence-electron chi connectivity index (χ2n) is 26.2. The molecule has 3 amide bonds. The Morgan fingerprint density at radius 2 is 0.892 bits per heavy atom. The summed E-state index contributed by atoms with van der Waals surface area (Å²) in [6, 6.07) is 38.6. The van der Waals surface area contributed by atoms with E-state index in [1.807, 2.05) is 115 Å². The molecule has 9 heterocycles. The first-order chi connectivity index (χ1) is 49.2. The third-order valence-electron chi connectivity index (χ3n) is 19.1. The van der Waals surface area contributed by atoms with Crippen LogP contribution in [0.3, 0.4) is 0 Å². The third-order valence-corrected chi connectivity index (χ3v) is 19.1. The molecule has 3 saturated heterocycles. The third kappa shape index (κ3) is 14.8. The van der Waals surface area contributed by atoms with E-state index in [9.17, 15) is 18.8 Å². The fraction of sp³-hybridized carbons (Fsp3) is 0.280. The van der Waals surface area contributed by atoms with Crippen LogP contribution in [0.4, 0.5) is 26.2 Å². The number of methoxy groups -OCH3 is 1. The predicted octanol–water partition coefficient (Wildman–Crippen LogP) is 10.2. The van der Waals surface area contributed by atoms with Crippen molar-refractivity contribution in [2.45, 2.75) is 50.2 Å². The fourth-order valence-electron chi connectivity index (χ4n) is 13.0. The van der Waals surface area contributed by atoms with E-state index in [1.165, 1.54) is 24.4 Å². The van der Waals surface area contributed by atoms with E-state index in [2.05, 4.69) is 97.7 Å². The van der Waals surface area contributed by atoms with E-state index in [0.717, 1.165) is 97.2 Å². The van der Waals surface area contributed by atoms with Gasteiger partial charge in [0, 0.05) is 91.3 Å². The molecule has 3 fully saturated rings. The van der Waals surface area contributed by atoms with Gasteiger partial charge in [0.1, 0.15) is 34.2 Å². The molecule has 0 saturated carbocycles. The van der Waals surface area contributed by atoms with E-state index in [0.29, 0.717) is 105 Å². The molecule has 0 radical (unpaired) electrons. The summed E-state index contributed by atoms with van der Waals surface area (Å²) in [5, 5.41) is 0. The first-order valence-corrected chi connectivity index (χ1v) is 33.6. The molecule has 27 heteroatoms. The maximum atomic E-state index is 15.0. The standard InChI is InChI=1S/2C25H26FN7O.C25H27N7O2/c1-32(2)17-10-12-33(13-11-17)25(34)16-8-6-15(7-9-16)20-14-28-23(27)22(29-20)24-30-19-5-3-4-18(26)21(19)31-24;1-32(2)16-9-11-33(12-10-16)25(34)17-8-7-15(13-18(17)26)21-14-28-23(27)22(29-21)24-30-19-5-3-4-6-20(19)31-24;1-31(2)17-10-11-32(14-17)25(33)16-6-4-15(5-7-16)21-13-27-23(26)22(28-21)24-29-19-9-8-18(34-3)12-20(19)30-24/h3-9,14,17H,10-13H2,1-2H3,(H2,27,28)(H,30,31);3-8,13-14,16H,9-12H2,1-2H3,(H2,27,28)(H,30,31);4-9,12-13,17H,10-11,14H2,1-3H3,(H2,26,27)(H,29,30)/t;;17-/m..1/s1. The van der Waals surface area contributed by atoms with Crippen molar-refractivity contribution in [3.05, 3.63) is 174 Å². The second-order valence-corrected chi connectivity index (χ2v) is 26.2. The van der Waals surface area contributed by atoms with Crippen molar-refractivity contribution in [3.8, 4) is 74.1 Å². The van der Waals surface area contributed by atoms with Crippen molar-refractivity contribution < 1.29 is 27.9 Å². The van der Waals surface area contributed by atoms with Gasteiger partial charge in [-0.1, -0.05) is 48.5 Å². The fourth-order valence-corrected chi connectivity index (χ4v) is 13.0. The van der Waals surface area contributed by atoms with Crippen LogP contribution in [0, 0.1) is 11.6 Å². The van der Waals surface area contributed by atoms with Crippen molar-refractivity contribution in [1.29, 1.82) is 0 Å². The number of carbonyl (C=O) groups is 3. The number of rotatable bonds is 13. The van der Waals surface area contributed by atoms with Crippen LogP contribution in [-0.2, 0) is 0 Å². The van der Waals surface area contributed by atoms with E-state index in [4.69, 9.17) is 26.9 Å². The number of imidazole rings is 3. The quantitative estimate of drug-likeness (QED) is 0.0625. The molecule has 6 aromatic heterocycles. The lowest BCUT2D eigenvalue weighted by atomic mass is 10.0. The summed E-state index contributed by atoms with van der Waals surface area (Å²) >= 11 is 0. The number of hydrogen-bond acceptors (Lipinski definition) is 19. The van der Waals surface area contributed by atoms with Gasteiger partial charge in [-0.25, -0.2) is 53.6 Å². The Morgan fingerprint density at radius 3 is 1.39 bits per heavy atom. The summed E-state index contributed by atoms with van der Waals surface area (Å²) in [7, 11) is 14.0. The SMILES string of the molecule is CN(C)C1CCN(C(=O)c2ccc(-c3cnc(N)c(-c4nc5c(F)cccc5[nH]4)n3)cc2)CC1.CN(C)C1CCN(C(=O)c2ccc(-c3cnc(N)c(-c4nc5ccccc5[nH]4)n3)cc2F)CC1.COc1ccc2nc(-c3nc(-c4ccc(C(=O)N5CC[C@@H](N(C)C)C5)cc4)cnc3N)[nH]c2c1. The number of likely N-dealkylation sites (tertiary alicyclic amines) is 3. The number of likely N-dealkylation sites (N-methyl/N-ethyl adjacent to an activating group) is 1. The molecule has 9 N–H and O–H groups in total. The lowest BCUT2D eigenvalue weighted by Gasteiger charge is -2.35. The van der Waals surface area contributed by atoms with Gasteiger partial charge in [0.05, 0.1) is 75.9 Å². The van der Waals surface area contributed by atoms with E-state index in [-0.39, 0.29) is 46.3 Å². The first-order valence-electron chi connectivity index (χ1n) is 33.6. The summed E-state index contributed by atoms with van der Waals surface area (Å²) in [6.07, 6.45) is 9.40. The van der Waals surface area contributed by atoms with Gasteiger partial charge in [-0.05, 0) is 147 Å². The zero-order chi connectivity index (χ0) is 71.5. The van der Waals surface area contributed by atoms with Crippen LogP contribution in [-0.4, -0.2) is 214 Å². The summed E-state index contributed by atoms with van der Waals surface area (Å²) in [5.74, 6) is 1.60. The number of amides is 3. The highest BCUT2D eigenvalue weighted by Crippen LogP contribution is 2.33. The van der Waals surface area contributed by atoms with Crippen LogP contribution in [0.25, 0.3) is 101 Å². The molecule has 3 aliphatic rings. The number of anilines is 3. The molecule has 1 atom stereocenters. The molecule has 6 aromatic carbocycles. The van der Waals surface area contributed by atoms with E-state index < -0.39 is 11.6 Å². The van der Waals surface area contributed by atoms with Gasteiger partial charge in [-0.3, -0.25) is 14.4 Å². The number of nitrogens with one attached hydrogen (secondary N) is 3. The number of piperidine rings is 2. The number of ether oxygens (including phenoxy) is 1. The number of nitrogens with zero attached hydrogens (tertiary/aromatic N) is 15. The minimum absolute atomic E-state index is 0.0390. The minimum Gasteiger partial charge on any atom is -0.497 e. The number of H-pyrrole nitrogens is 3. The molecule has 12 aromatic rings. The highest BCUT2D eigenvalue weighted by Gasteiger charge is 2.30. The van der Waals surface area contributed by atoms with Gasteiger partial charge >= 0.3 is 0 Å². The first kappa shape index (κ1) is 68.8. The average molecular weight is 1380 g/mol. The highest BCUT2D eigenvalue weighted by atomic mass is 19.1. The van der Waals surface area contributed by atoms with Gasteiger partial charge in [-0.2, -0.15) is 0 Å². The smallest absolute Gasteiger partial charge is 0.256 e. The number of nitrogen functional groups attached to an aromatic ring is 3. The van der Waals surface area contributed by atoms with Crippen molar-refractivity contribution in [2.24, 2.45) is 0 Å². The van der Waals surface area contributed by atoms with Crippen molar-refractivity contribution >= 4 is 68.3 Å². The van der Waals surface area contributed by atoms with Crippen molar-refractivity contribution in [1.82, 2.24) is 89.2 Å². The van der Waals surface area contributed by atoms with Crippen LogP contribution in [0.2, 0.25) is 0 Å². The molecule has 25 nitrogen and oxygen atoms in total. The van der Waals surface area contributed by atoms with Gasteiger partial charge in [0.2, 0.25) is 0 Å². The van der Waals surface area contributed by atoms with E-state index in [1.54, 1.807) is 42.6 Å². The molecule has 0 unspecified atom stereocenters. The Bertz CT molecular complexity index is 5010. The zero-order valence-electron chi connectivity index (χ0n) is 57.7. The molecule has 0 aliphatic carbocycles. The van der Waals surface area contributed by atoms with Crippen LogP contribution in [0.1, 0.15) is 63.2 Å². The van der Waals surface area contributed by atoms with Gasteiger partial charge in [0.25, 0.3) is 17.7 Å². The number of aromatic nitrogens is 12. The van der Waals surface area contributed by atoms with Crippen molar-refractivity contribution in [3.63, 3.8) is 0 Å². The number of fused-ring (bicyclic) bond motifs is 3. The molecule has 3 aliphatic heterocycles. The van der Waals surface area contributed by atoms with Crippen LogP contribution in [0.15, 0.2) is 146 Å². The van der Waals surface area contributed by atoms with Crippen molar-refractivity contribution in [2.75, 3.05) is 106 Å². The largest absolute Gasteiger partial charge is 0.497 e. The Balaban J connectivity index is 0.000000137. The lowest BCUT2D eigenvalue weighted by Crippen LogP contribution is -2.44. The summed E-state index contributed by atoms with van der Waals surface area (Å²) < 4.78 is 34.4. The summed E-state index contributed by atoms with van der Waals surface area (Å²) in [6.45, 7) is 4.28. The molecule has 102 heavy (non-hydrogen) atoms. The molecular weight excluding hydrogens is 1300 g/mol. The molecule has 0 bridgehead atoms. The van der Waals surface area contributed by atoms with Crippen LogP contribution in [0.5, 0.6) is 5.75 Å². The normalized spacial score (nSPS) is 15.1. The molecular formula is C75H79F2N21O4. The Labute approximate surface area is 587 Å². The number of nitrogens with two attached hydrogens (primary N) is 3. The highest BCUT2D eigenvalue weighted by molar-refractivity contribution is 5.97. The van der Waals surface area contributed by atoms with Crippen LogP contribution < -0.4 is 21.9 Å². The second kappa shape index (κ2) is 29.6. The van der Waals surface area contributed by atoms with Gasteiger partial charge in [-0.15, -0.1) is 0 Å². The Morgan fingerprint density at radius 1 is 0.451 bits per heavy atom. The number of halogens is 2. The summed E-state index contributed by atoms with van der Waals surface area (Å²) in [5.41, 5.74) is 28.6. The predicted molar refractivity (Wildman–Crippen MR) is 391 cm³/mol. The maximum Gasteiger partial charge on any atom is 0.256 e.